The molecule has 0 fully saturated rings. The highest BCUT2D eigenvalue weighted by Crippen LogP contribution is 2.19. The Morgan fingerprint density at radius 1 is 1.08 bits per heavy atom. The lowest BCUT2D eigenvalue weighted by Crippen LogP contribution is -2.47. The van der Waals surface area contributed by atoms with Gasteiger partial charge in [0.2, 0.25) is 11.8 Å². The van der Waals surface area contributed by atoms with Crippen molar-refractivity contribution in [1.82, 2.24) is 10.2 Å². The third-order valence-electron chi connectivity index (χ3n) is 3.84. The zero-order chi connectivity index (χ0) is 17.1. The maximum atomic E-state index is 12.8. The number of amides is 3. The smallest absolute Gasteiger partial charge is 0.261 e. The standard InChI is InChI=1S/C18H15FN2O3/c19-14-7-5-12(6-8-14)10-20-16(22)11-21-17(23)9-13-3-1-2-4-15(13)18(21)24/h1-8H,9-11H2,(H,20,22). The van der Waals surface area contributed by atoms with Crippen LogP contribution in [-0.4, -0.2) is 29.2 Å². The lowest BCUT2D eigenvalue weighted by Gasteiger charge is -2.26. The van der Waals surface area contributed by atoms with Gasteiger partial charge in [0.15, 0.2) is 0 Å². The fourth-order valence-electron chi connectivity index (χ4n) is 2.56. The van der Waals surface area contributed by atoms with Gasteiger partial charge in [-0.3, -0.25) is 19.3 Å². The lowest BCUT2D eigenvalue weighted by molar-refractivity contribution is -0.133. The molecule has 1 N–H and O–H groups in total. The molecule has 122 valence electrons. The third-order valence-corrected chi connectivity index (χ3v) is 3.84. The van der Waals surface area contributed by atoms with Crippen molar-refractivity contribution in [2.24, 2.45) is 0 Å². The van der Waals surface area contributed by atoms with Crippen LogP contribution in [0.2, 0.25) is 0 Å². The molecule has 1 heterocycles. The predicted octanol–water partition coefficient (Wildman–Crippen LogP) is 1.67. The number of fused-ring (bicyclic) bond motifs is 1. The molecule has 2 aromatic rings. The molecule has 6 heteroatoms. The Morgan fingerprint density at radius 2 is 1.79 bits per heavy atom. The van der Waals surface area contributed by atoms with Crippen molar-refractivity contribution in [2.75, 3.05) is 6.54 Å². The van der Waals surface area contributed by atoms with Gasteiger partial charge in [-0.2, -0.15) is 0 Å². The van der Waals surface area contributed by atoms with E-state index in [1.165, 1.54) is 12.1 Å². The molecule has 0 saturated carbocycles. The van der Waals surface area contributed by atoms with Crippen molar-refractivity contribution in [2.45, 2.75) is 13.0 Å². The Balaban J connectivity index is 1.63. The van der Waals surface area contributed by atoms with Crippen molar-refractivity contribution in [3.8, 4) is 0 Å². The van der Waals surface area contributed by atoms with Gasteiger partial charge >= 0.3 is 0 Å². The van der Waals surface area contributed by atoms with E-state index < -0.39 is 17.7 Å². The summed E-state index contributed by atoms with van der Waals surface area (Å²) in [4.78, 5) is 37.4. The number of halogens is 1. The van der Waals surface area contributed by atoms with Crippen LogP contribution in [0.15, 0.2) is 48.5 Å². The predicted molar refractivity (Wildman–Crippen MR) is 84.4 cm³/mol. The molecule has 0 spiro atoms. The molecular weight excluding hydrogens is 311 g/mol. The lowest BCUT2D eigenvalue weighted by atomic mass is 9.98. The second-order valence-corrected chi connectivity index (χ2v) is 5.52. The number of hydrogen-bond donors (Lipinski definition) is 1. The van der Waals surface area contributed by atoms with Crippen molar-refractivity contribution in [1.29, 1.82) is 0 Å². The van der Waals surface area contributed by atoms with Gasteiger partial charge in [0.05, 0.1) is 6.42 Å². The molecule has 0 bridgehead atoms. The highest BCUT2D eigenvalue weighted by atomic mass is 19.1. The van der Waals surface area contributed by atoms with Crippen LogP contribution in [0, 0.1) is 5.82 Å². The molecule has 0 unspecified atom stereocenters. The molecule has 0 atom stereocenters. The first-order valence-electron chi connectivity index (χ1n) is 7.48. The number of carbonyl (C=O) groups excluding carboxylic acids is 3. The summed E-state index contributed by atoms with van der Waals surface area (Å²) >= 11 is 0. The van der Waals surface area contributed by atoms with Gasteiger partial charge < -0.3 is 5.32 Å². The van der Waals surface area contributed by atoms with Gasteiger partial charge in [-0.1, -0.05) is 30.3 Å². The first-order valence-corrected chi connectivity index (χ1v) is 7.48. The number of hydrogen-bond acceptors (Lipinski definition) is 3. The van der Waals surface area contributed by atoms with Crippen molar-refractivity contribution < 1.29 is 18.8 Å². The van der Waals surface area contributed by atoms with Crippen LogP contribution in [0.5, 0.6) is 0 Å². The Morgan fingerprint density at radius 3 is 2.54 bits per heavy atom. The highest BCUT2D eigenvalue weighted by Gasteiger charge is 2.31. The van der Waals surface area contributed by atoms with Crippen LogP contribution in [-0.2, 0) is 22.6 Å². The monoisotopic (exact) mass is 326 g/mol. The zero-order valence-electron chi connectivity index (χ0n) is 12.8. The Hall–Kier alpha value is -3.02. The Labute approximate surface area is 138 Å². The van der Waals surface area contributed by atoms with Crippen LogP contribution in [0.25, 0.3) is 0 Å². The summed E-state index contributed by atoms with van der Waals surface area (Å²) in [5.74, 6) is -1.65. The summed E-state index contributed by atoms with van der Waals surface area (Å²) in [5.41, 5.74) is 1.85. The van der Waals surface area contributed by atoms with Crippen LogP contribution >= 0.6 is 0 Å². The van der Waals surface area contributed by atoms with Gasteiger partial charge in [-0.15, -0.1) is 0 Å². The first kappa shape index (κ1) is 15.9. The second kappa shape index (κ2) is 6.62. The number of nitrogens with one attached hydrogen (secondary N) is 1. The average molecular weight is 326 g/mol. The topological polar surface area (TPSA) is 66.5 Å². The number of rotatable bonds is 4. The van der Waals surface area contributed by atoms with Gasteiger partial charge in [0.1, 0.15) is 12.4 Å². The summed E-state index contributed by atoms with van der Waals surface area (Å²) in [6, 6.07) is 12.6. The van der Waals surface area contributed by atoms with E-state index in [2.05, 4.69) is 5.32 Å². The summed E-state index contributed by atoms with van der Waals surface area (Å²) in [5, 5.41) is 2.62. The van der Waals surface area contributed by atoms with Crippen molar-refractivity contribution in [3.63, 3.8) is 0 Å². The number of nitrogens with zero attached hydrogens (tertiary/aromatic N) is 1. The van der Waals surface area contributed by atoms with Crippen LogP contribution in [0.1, 0.15) is 21.5 Å². The molecule has 0 saturated heterocycles. The molecule has 2 aromatic carbocycles. The van der Waals surface area contributed by atoms with Gasteiger partial charge in [0.25, 0.3) is 5.91 Å². The van der Waals surface area contributed by atoms with E-state index in [1.54, 1.807) is 36.4 Å². The quantitative estimate of drug-likeness (QED) is 0.869. The number of carbonyl (C=O) groups is 3. The molecular formula is C18H15FN2O3. The molecule has 5 nitrogen and oxygen atoms in total. The highest BCUT2D eigenvalue weighted by molar-refractivity contribution is 6.11. The first-order chi connectivity index (χ1) is 11.5. The number of benzene rings is 2. The second-order valence-electron chi connectivity index (χ2n) is 5.52. The van der Waals surface area contributed by atoms with Crippen LogP contribution < -0.4 is 5.32 Å². The summed E-state index contributed by atoms with van der Waals surface area (Å²) in [7, 11) is 0. The van der Waals surface area contributed by atoms with E-state index in [0.717, 1.165) is 10.5 Å². The third kappa shape index (κ3) is 3.32. The Kier molecular flexibility index (Phi) is 4.37. The normalized spacial score (nSPS) is 13.6. The van der Waals surface area contributed by atoms with E-state index in [-0.39, 0.29) is 25.3 Å². The van der Waals surface area contributed by atoms with E-state index >= 15 is 0 Å². The van der Waals surface area contributed by atoms with Gasteiger partial charge in [-0.25, -0.2) is 4.39 Å². The van der Waals surface area contributed by atoms with E-state index in [4.69, 9.17) is 0 Å². The molecule has 0 aromatic heterocycles. The van der Waals surface area contributed by atoms with Gasteiger partial charge in [-0.05, 0) is 29.3 Å². The molecule has 0 aliphatic carbocycles. The van der Waals surface area contributed by atoms with Gasteiger partial charge in [0, 0.05) is 12.1 Å². The molecule has 0 radical (unpaired) electrons. The minimum Gasteiger partial charge on any atom is -0.350 e. The maximum absolute atomic E-state index is 12.8. The summed E-state index contributed by atoms with van der Waals surface area (Å²) < 4.78 is 12.8. The van der Waals surface area contributed by atoms with E-state index in [1.807, 2.05) is 0 Å². The zero-order valence-corrected chi connectivity index (χ0v) is 12.8. The van der Waals surface area contributed by atoms with Crippen molar-refractivity contribution >= 4 is 17.7 Å². The number of imide groups is 1. The van der Waals surface area contributed by atoms with E-state index in [9.17, 15) is 18.8 Å². The average Bonchev–Trinajstić information content (AvgIpc) is 2.58. The summed E-state index contributed by atoms with van der Waals surface area (Å²) in [6.07, 6.45) is 0.104. The molecule has 1 aliphatic heterocycles. The Bertz CT molecular complexity index is 802. The minimum absolute atomic E-state index is 0.104. The summed E-state index contributed by atoms with van der Waals surface area (Å²) in [6.45, 7) is -0.126. The molecule has 1 aliphatic rings. The molecule has 3 amide bonds. The molecule has 24 heavy (non-hydrogen) atoms. The van der Waals surface area contributed by atoms with E-state index in [0.29, 0.717) is 11.1 Å². The molecule has 3 rings (SSSR count). The largest absolute Gasteiger partial charge is 0.350 e. The van der Waals surface area contributed by atoms with Crippen LogP contribution in [0.3, 0.4) is 0 Å². The van der Waals surface area contributed by atoms with Crippen molar-refractivity contribution in [3.05, 3.63) is 71.0 Å². The fourth-order valence-corrected chi connectivity index (χ4v) is 2.56. The minimum atomic E-state index is -0.459. The maximum Gasteiger partial charge on any atom is 0.261 e. The van der Waals surface area contributed by atoms with Crippen LogP contribution in [0.4, 0.5) is 4.39 Å². The SMILES string of the molecule is O=C(CN1C(=O)Cc2ccccc2C1=O)NCc1ccc(F)cc1. The fraction of sp³-hybridized carbons (Fsp3) is 0.167.